The first kappa shape index (κ1) is 19.6. The van der Waals surface area contributed by atoms with E-state index < -0.39 is 0 Å². The molecule has 4 rings (SSSR count). The number of rotatable bonds is 3. The largest absolute Gasteiger partial charge is 0.354 e. The molecule has 3 aromatic rings. The number of amides is 1. The number of carbonyl (C=O) groups is 1. The summed E-state index contributed by atoms with van der Waals surface area (Å²) in [7, 11) is 1.58. The minimum Gasteiger partial charge on any atom is -0.354 e. The Labute approximate surface area is 171 Å². The van der Waals surface area contributed by atoms with E-state index in [1.54, 1.807) is 25.2 Å². The van der Waals surface area contributed by atoms with Gasteiger partial charge in [0.15, 0.2) is 0 Å². The van der Waals surface area contributed by atoms with Gasteiger partial charge in [0.05, 0.1) is 5.52 Å². The van der Waals surface area contributed by atoms with E-state index in [4.69, 9.17) is 0 Å². The van der Waals surface area contributed by atoms with E-state index in [9.17, 15) is 9.18 Å². The maximum Gasteiger partial charge on any atom is 0.269 e. The molecule has 1 aromatic heterocycles. The number of pyridine rings is 1. The molecule has 1 aliphatic carbocycles. The van der Waals surface area contributed by atoms with Crippen molar-refractivity contribution in [3.8, 4) is 11.1 Å². The van der Waals surface area contributed by atoms with Crippen LogP contribution in [0.1, 0.15) is 65.2 Å². The molecule has 0 bridgehead atoms. The summed E-state index contributed by atoms with van der Waals surface area (Å²) in [5, 5.41) is 3.59. The van der Waals surface area contributed by atoms with Gasteiger partial charge in [-0.3, -0.25) is 4.79 Å². The summed E-state index contributed by atoms with van der Waals surface area (Å²) in [5.41, 5.74) is 6.06. The van der Waals surface area contributed by atoms with Crippen molar-refractivity contribution in [3.63, 3.8) is 0 Å². The second-order valence-electron chi connectivity index (χ2n) is 8.08. The number of hydrogen-bond acceptors (Lipinski definition) is 2. The molecule has 1 amide bonds. The van der Waals surface area contributed by atoms with Crippen LogP contribution in [0.5, 0.6) is 0 Å². The Balaban J connectivity index is 2.04. The lowest BCUT2D eigenvalue weighted by Gasteiger charge is -2.27. The van der Waals surface area contributed by atoms with Crippen LogP contribution < -0.4 is 5.32 Å². The van der Waals surface area contributed by atoms with E-state index in [1.807, 2.05) is 6.07 Å². The topological polar surface area (TPSA) is 42.0 Å². The van der Waals surface area contributed by atoms with Gasteiger partial charge in [0, 0.05) is 18.0 Å². The Morgan fingerprint density at radius 1 is 1.07 bits per heavy atom. The van der Waals surface area contributed by atoms with Gasteiger partial charge in [0.25, 0.3) is 5.91 Å². The van der Waals surface area contributed by atoms with Crippen molar-refractivity contribution in [1.82, 2.24) is 10.3 Å². The maximum absolute atomic E-state index is 14.8. The lowest BCUT2D eigenvalue weighted by Crippen LogP contribution is -2.19. The molecule has 0 radical (unpaired) electrons. The highest BCUT2D eigenvalue weighted by molar-refractivity contribution is 6.03. The molecule has 3 nitrogen and oxygen atoms in total. The minimum atomic E-state index is -0.290. The first-order valence-electron chi connectivity index (χ1n) is 10.4. The zero-order valence-electron chi connectivity index (χ0n) is 17.3. The normalized spacial score (nSPS) is 14.9. The molecular weight excluding hydrogens is 363 g/mol. The number of halogens is 1. The van der Waals surface area contributed by atoms with Crippen molar-refractivity contribution in [2.24, 2.45) is 0 Å². The predicted octanol–water partition coefficient (Wildman–Crippen LogP) is 6.07. The van der Waals surface area contributed by atoms with Gasteiger partial charge in [-0.1, -0.05) is 37.5 Å². The SMILES string of the molecule is CNC(=O)c1cc(-c2ccccc2F)c2c(C)c(C3CCCCC3)c(C)cc2n1. The van der Waals surface area contributed by atoms with Gasteiger partial charge in [0.1, 0.15) is 11.5 Å². The van der Waals surface area contributed by atoms with Gasteiger partial charge in [0.2, 0.25) is 0 Å². The van der Waals surface area contributed by atoms with Crippen LogP contribution in [0.3, 0.4) is 0 Å². The summed E-state index contributed by atoms with van der Waals surface area (Å²) < 4.78 is 14.8. The molecule has 29 heavy (non-hydrogen) atoms. The number of benzene rings is 2. The van der Waals surface area contributed by atoms with Crippen LogP contribution in [0.15, 0.2) is 36.4 Å². The molecule has 150 valence electrons. The highest BCUT2D eigenvalue weighted by Crippen LogP contribution is 2.41. The number of aryl methyl sites for hydroxylation is 2. The highest BCUT2D eigenvalue weighted by atomic mass is 19.1. The van der Waals surface area contributed by atoms with Crippen LogP contribution in [0, 0.1) is 19.7 Å². The molecule has 1 aliphatic rings. The van der Waals surface area contributed by atoms with E-state index in [2.05, 4.69) is 30.2 Å². The Kier molecular flexibility index (Phi) is 5.35. The minimum absolute atomic E-state index is 0.267. The fourth-order valence-electron chi connectivity index (χ4n) is 4.93. The van der Waals surface area contributed by atoms with E-state index >= 15 is 0 Å². The molecule has 4 heteroatoms. The summed E-state index contributed by atoms with van der Waals surface area (Å²) in [6.45, 7) is 4.26. The molecule has 1 saturated carbocycles. The lowest BCUT2D eigenvalue weighted by molar-refractivity contribution is 0.0958. The van der Waals surface area contributed by atoms with Crippen molar-refractivity contribution in [3.05, 3.63) is 64.6 Å². The second-order valence-corrected chi connectivity index (χ2v) is 8.08. The number of nitrogens with one attached hydrogen (secondary N) is 1. The third-order valence-electron chi connectivity index (χ3n) is 6.24. The quantitative estimate of drug-likeness (QED) is 0.590. The van der Waals surface area contributed by atoms with Crippen molar-refractivity contribution in [2.75, 3.05) is 7.05 Å². The molecule has 0 spiro atoms. The maximum atomic E-state index is 14.8. The Morgan fingerprint density at radius 3 is 2.48 bits per heavy atom. The summed E-state index contributed by atoms with van der Waals surface area (Å²) >= 11 is 0. The monoisotopic (exact) mass is 390 g/mol. The smallest absolute Gasteiger partial charge is 0.269 e. The molecule has 2 aromatic carbocycles. The molecule has 0 aliphatic heterocycles. The van der Waals surface area contributed by atoms with Gasteiger partial charge in [-0.15, -0.1) is 0 Å². The van der Waals surface area contributed by atoms with Crippen LogP contribution >= 0.6 is 0 Å². The Hall–Kier alpha value is -2.75. The highest BCUT2D eigenvalue weighted by Gasteiger charge is 2.23. The van der Waals surface area contributed by atoms with Gasteiger partial charge >= 0.3 is 0 Å². The predicted molar refractivity (Wildman–Crippen MR) is 116 cm³/mol. The molecule has 1 fully saturated rings. The summed E-state index contributed by atoms with van der Waals surface area (Å²) in [4.78, 5) is 17.0. The van der Waals surface area contributed by atoms with E-state index in [1.165, 1.54) is 54.9 Å². The third kappa shape index (κ3) is 3.52. The van der Waals surface area contributed by atoms with Gasteiger partial charge in [-0.2, -0.15) is 0 Å². The summed E-state index contributed by atoms with van der Waals surface area (Å²) in [6.07, 6.45) is 6.23. The van der Waals surface area contributed by atoms with E-state index in [-0.39, 0.29) is 11.7 Å². The number of nitrogens with zero attached hydrogens (tertiary/aromatic N) is 1. The fraction of sp³-hybridized carbons (Fsp3) is 0.360. The first-order chi connectivity index (χ1) is 14.0. The van der Waals surface area contributed by atoms with Crippen LogP contribution in [-0.4, -0.2) is 17.9 Å². The molecule has 0 saturated heterocycles. The Morgan fingerprint density at radius 2 is 1.79 bits per heavy atom. The third-order valence-corrected chi connectivity index (χ3v) is 6.24. The molecule has 0 unspecified atom stereocenters. The molecule has 1 N–H and O–H groups in total. The zero-order chi connectivity index (χ0) is 20.5. The fourth-order valence-corrected chi connectivity index (χ4v) is 4.93. The molecule has 1 heterocycles. The van der Waals surface area contributed by atoms with Crippen molar-refractivity contribution < 1.29 is 9.18 Å². The average Bonchev–Trinajstić information content (AvgIpc) is 2.73. The zero-order valence-corrected chi connectivity index (χ0v) is 17.3. The second kappa shape index (κ2) is 7.94. The van der Waals surface area contributed by atoms with E-state index in [0.717, 1.165) is 16.5 Å². The first-order valence-corrected chi connectivity index (χ1v) is 10.4. The van der Waals surface area contributed by atoms with Gasteiger partial charge < -0.3 is 5.32 Å². The number of aromatic nitrogens is 1. The van der Waals surface area contributed by atoms with Crippen molar-refractivity contribution in [1.29, 1.82) is 0 Å². The summed E-state index contributed by atoms with van der Waals surface area (Å²) in [6, 6.07) is 10.6. The number of carbonyl (C=O) groups excluding carboxylic acids is 1. The van der Waals surface area contributed by atoms with Crippen LogP contribution in [0.25, 0.3) is 22.0 Å². The van der Waals surface area contributed by atoms with Crippen molar-refractivity contribution >= 4 is 16.8 Å². The number of hydrogen-bond donors (Lipinski definition) is 1. The van der Waals surface area contributed by atoms with Crippen molar-refractivity contribution in [2.45, 2.75) is 51.9 Å². The standard InChI is InChI=1S/C25H27FN2O/c1-15-13-21-24(16(2)23(15)17-9-5-4-6-10-17)19(14-22(28-21)25(29)27-3)18-11-7-8-12-20(18)26/h7-8,11-14,17H,4-6,9-10H2,1-3H3,(H,27,29). The van der Waals surface area contributed by atoms with Crippen LogP contribution in [0.4, 0.5) is 4.39 Å². The Bertz CT molecular complexity index is 1080. The summed E-state index contributed by atoms with van der Waals surface area (Å²) in [5.74, 6) is -0.0153. The van der Waals surface area contributed by atoms with Gasteiger partial charge in [-0.05, 0) is 73.1 Å². The van der Waals surface area contributed by atoms with Crippen LogP contribution in [-0.2, 0) is 0 Å². The molecule has 0 atom stereocenters. The number of fused-ring (bicyclic) bond motifs is 1. The van der Waals surface area contributed by atoms with Gasteiger partial charge in [-0.25, -0.2) is 9.37 Å². The van der Waals surface area contributed by atoms with E-state index in [0.29, 0.717) is 17.2 Å². The average molecular weight is 391 g/mol. The lowest BCUT2D eigenvalue weighted by atomic mass is 9.78. The molecular formula is C25H27FN2O. The van der Waals surface area contributed by atoms with Crippen LogP contribution in [0.2, 0.25) is 0 Å².